The van der Waals surface area contributed by atoms with Gasteiger partial charge in [0, 0.05) is 30.0 Å². The molecule has 0 saturated carbocycles. The Labute approximate surface area is 136 Å². The van der Waals surface area contributed by atoms with Crippen LogP contribution in [0.25, 0.3) is 0 Å². The zero-order valence-electron chi connectivity index (χ0n) is 13.9. The van der Waals surface area contributed by atoms with Crippen LogP contribution in [0, 0.1) is 19.8 Å². The molecular formula is C18H23N3O2. The summed E-state index contributed by atoms with van der Waals surface area (Å²) in [6, 6.07) is 8.00. The Morgan fingerprint density at radius 2 is 1.87 bits per heavy atom. The number of carbonyl (C=O) groups excluding carboxylic acids is 1. The molecule has 5 heteroatoms. The van der Waals surface area contributed by atoms with Crippen LogP contribution in [0.3, 0.4) is 0 Å². The van der Waals surface area contributed by atoms with E-state index >= 15 is 0 Å². The van der Waals surface area contributed by atoms with E-state index in [0.29, 0.717) is 11.5 Å². The second-order valence-electron chi connectivity index (χ2n) is 6.38. The molecule has 0 radical (unpaired) electrons. The van der Waals surface area contributed by atoms with Crippen molar-refractivity contribution in [2.75, 3.05) is 23.3 Å². The van der Waals surface area contributed by atoms with Crippen molar-refractivity contribution in [2.24, 2.45) is 5.92 Å². The molecule has 1 aliphatic rings. The van der Waals surface area contributed by atoms with Crippen LogP contribution in [-0.2, 0) is 0 Å². The van der Waals surface area contributed by atoms with Gasteiger partial charge in [-0.2, -0.15) is 0 Å². The molecule has 0 unspecified atom stereocenters. The number of nitrogens with one attached hydrogen (secondary N) is 1. The van der Waals surface area contributed by atoms with Crippen LogP contribution >= 0.6 is 0 Å². The van der Waals surface area contributed by atoms with E-state index in [0.717, 1.165) is 30.3 Å². The van der Waals surface area contributed by atoms with Gasteiger partial charge >= 0.3 is 0 Å². The zero-order valence-corrected chi connectivity index (χ0v) is 13.9. The molecule has 1 aromatic heterocycles. The maximum absolute atomic E-state index is 12.2. The van der Waals surface area contributed by atoms with E-state index in [2.05, 4.69) is 34.4 Å². The highest BCUT2D eigenvalue weighted by Crippen LogP contribution is 2.24. The number of carbonyl (C=O) groups is 1. The molecule has 1 amide bonds. The smallest absolute Gasteiger partial charge is 0.278 e. The van der Waals surface area contributed by atoms with E-state index in [9.17, 15) is 4.79 Å². The third-order valence-corrected chi connectivity index (χ3v) is 4.65. The summed E-state index contributed by atoms with van der Waals surface area (Å²) in [5.74, 6) is 1.25. The minimum absolute atomic E-state index is 0.237. The maximum Gasteiger partial charge on any atom is 0.278 e. The summed E-state index contributed by atoms with van der Waals surface area (Å²) in [6.07, 6.45) is 2.48. The lowest BCUT2D eigenvalue weighted by Gasteiger charge is -2.32. The van der Waals surface area contributed by atoms with Gasteiger partial charge in [-0.1, -0.05) is 12.1 Å². The molecule has 5 nitrogen and oxygen atoms in total. The summed E-state index contributed by atoms with van der Waals surface area (Å²) < 4.78 is 5.04. The Kier molecular flexibility index (Phi) is 4.37. The summed E-state index contributed by atoms with van der Waals surface area (Å²) in [6.45, 7) is 8.15. The zero-order chi connectivity index (χ0) is 16.4. The fourth-order valence-electron chi connectivity index (χ4n) is 2.84. The second kappa shape index (κ2) is 6.44. The first-order chi connectivity index (χ1) is 11.0. The van der Waals surface area contributed by atoms with Gasteiger partial charge in [-0.15, -0.1) is 0 Å². The minimum atomic E-state index is -0.237. The Bertz CT molecular complexity index is 683. The second-order valence-corrected chi connectivity index (χ2v) is 6.38. The highest BCUT2D eigenvalue weighted by atomic mass is 16.5. The van der Waals surface area contributed by atoms with E-state index in [1.165, 1.54) is 18.5 Å². The average molecular weight is 313 g/mol. The molecule has 23 heavy (non-hydrogen) atoms. The summed E-state index contributed by atoms with van der Waals surface area (Å²) in [5, 5.41) is 6.68. The predicted molar refractivity (Wildman–Crippen MR) is 91.0 cm³/mol. The fourth-order valence-corrected chi connectivity index (χ4v) is 2.84. The fraction of sp³-hybridized carbons (Fsp3) is 0.444. The summed E-state index contributed by atoms with van der Waals surface area (Å²) in [7, 11) is 0. The van der Waals surface area contributed by atoms with Gasteiger partial charge in [-0.3, -0.25) is 4.79 Å². The van der Waals surface area contributed by atoms with Crippen molar-refractivity contribution in [3.63, 3.8) is 0 Å². The number of piperidine rings is 1. The largest absolute Gasteiger partial charge is 0.372 e. The molecule has 0 atom stereocenters. The quantitative estimate of drug-likeness (QED) is 0.937. The van der Waals surface area contributed by atoms with Gasteiger partial charge in [-0.05, 0) is 56.9 Å². The van der Waals surface area contributed by atoms with E-state index in [4.69, 9.17) is 4.52 Å². The topological polar surface area (TPSA) is 58.4 Å². The minimum Gasteiger partial charge on any atom is -0.372 e. The lowest BCUT2D eigenvalue weighted by atomic mass is 9.99. The van der Waals surface area contributed by atoms with Crippen LogP contribution in [0.2, 0.25) is 0 Å². The molecule has 0 aliphatic carbocycles. The summed E-state index contributed by atoms with van der Waals surface area (Å²) in [4.78, 5) is 14.6. The van der Waals surface area contributed by atoms with Crippen LogP contribution < -0.4 is 10.2 Å². The maximum atomic E-state index is 12.2. The van der Waals surface area contributed by atoms with Crippen LogP contribution in [0.15, 0.2) is 28.8 Å². The summed E-state index contributed by atoms with van der Waals surface area (Å²) in [5.41, 5.74) is 3.10. The van der Waals surface area contributed by atoms with E-state index in [1.54, 1.807) is 6.92 Å². The van der Waals surface area contributed by atoms with Gasteiger partial charge in [0.2, 0.25) is 0 Å². The predicted octanol–water partition coefficient (Wildman–Crippen LogP) is 3.78. The van der Waals surface area contributed by atoms with Crippen LogP contribution in [0.1, 0.15) is 41.6 Å². The Balaban J connectivity index is 1.65. The normalized spacial score (nSPS) is 15.7. The highest BCUT2D eigenvalue weighted by molar-refractivity contribution is 6.03. The van der Waals surface area contributed by atoms with Gasteiger partial charge < -0.3 is 14.7 Å². The molecule has 1 fully saturated rings. The number of hydrogen-bond donors (Lipinski definition) is 1. The van der Waals surface area contributed by atoms with Crippen molar-refractivity contribution in [2.45, 2.75) is 33.6 Å². The number of aromatic nitrogens is 1. The third-order valence-electron chi connectivity index (χ3n) is 4.65. The van der Waals surface area contributed by atoms with E-state index in [-0.39, 0.29) is 5.91 Å². The molecule has 1 aliphatic heterocycles. The van der Waals surface area contributed by atoms with E-state index < -0.39 is 0 Å². The molecule has 2 heterocycles. The lowest BCUT2D eigenvalue weighted by Crippen LogP contribution is -2.32. The Morgan fingerprint density at radius 1 is 1.22 bits per heavy atom. The molecule has 1 N–H and O–H groups in total. The average Bonchev–Trinajstić information content (AvgIpc) is 2.89. The lowest BCUT2D eigenvalue weighted by molar-refractivity contribution is 0.101. The van der Waals surface area contributed by atoms with Crippen molar-refractivity contribution < 1.29 is 9.32 Å². The molecule has 122 valence electrons. The Morgan fingerprint density at radius 3 is 2.43 bits per heavy atom. The van der Waals surface area contributed by atoms with Crippen molar-refractivity contribution >= 4 is 17.3 Å². The molecular weight excluding hydrogens is 290 g/mol. The van der Waals surface area contributed by atoms with Crippen molar-refractivity contribution in [1.82, 2.24) is 5.16 Å². The molecule has 1 aromatic carbocycles. The van der Waals surface area contributed by atoms with E-state index in [1.807, 2.05) is 19.1 Å². The van der Waals surface area contributed by atoms with Crippen molar-refractivity contribution in [3.8, 4) is 0 Å². The Hall–Kier alpha value is -2.30. The summed E-state index contributed by atoms with van der Waals surface area (Å²) >= 11 is 0. The van der Waals surface area contributed by atoms with Crippen molar-refractivity contribution in [3.05, 3.63) is 41.3 Å². The number of nitrogens with zero attached hydrogens (tertiary/aromatic N) is 2. The number of hydrogen-bond acceptors (Lipinski definition) is 4. The SMILES string of the molecule is Cc1onc(C(=O)Nc2ccc(N3CCC(C)CC3)cc2)c1C. The van der Waals surface area contributed by atoms with Crippen LogP contribution in [-0.4, -0.2) is 24.2 Å². The van der Waals surface area contributed by atoms with Crippen molar-refractivity contribution in [1.29, 1.82) is 0 Å². The monoisotopic (exact) mass is 313 g/mol. The number of benzene rings is 1. The van der Waals surface area contributed by atoms with Gasteiger partial charge in [-0.25, -0.2) is 0 Å². The first kappa shape index (κ1) is 15.6. The standard InChI is InChI=1S/C18H23N3O2/c1-12-8-10-21(11-9-12)16-6-4-15(5-7-16)19-18(22)17-13(2)14(3)23-20-17/h4-7,12H,8-11H2,1-3H3,(H,19,22). The molecule has 2 aromatic rings. The van der Waals surface area contributed by atoms with Gasteiger partial charge in [0.15, 0.2) is 5.69 Å². The van der Waals surface area contributed by atoms with Gasteiger partial charge in [0.1, 0.15) is 5.76 Å². The first-order valence-electron chi connectivity index (χ1n) is 8.14. The number of anilines is 2. The molecule has 3 rings (SSSR count). The highest BCUT2D eigenvalue weighted by Gasteiger charge is 2.18. The molecule has 0 spiro atoms. The molecule has 1 saturated heterocycles. The molecule has 0 bridgehead atoms. The number of rotatable bonds is 3. The third kappa shape index (κ3) is 3.38. The van der Waals surface area contributed by atoms with Gasteiger partial charge in [0.05, 0.1) is 0 Å². The number of amides is 1. The number of aryl methyl sites for hydroxylation is 1. The van der Waals surface area contributed by atoms with Crippen LogP contribution in [0.5, 0.6) is 0 Å². The van der Waals surface area contributed by atoms with Gasteiger partial charge in [0.25, 0.3) is 5.91 Å². The van der Waals surface area contributed by atoms with Crippen LogP contribution in [0.4, 0.5) is 11.4 Å². The first-order valence-corrected chi connectivity index (χ1v) is 8.14.